The molecule has 1 aromatic rings. The second-order valence-corrected chi connectivity index (χ2v) is 5.49. The average molecular weight is 271 g/mol. The lowest BCUT2D eigenvalue weighted by Gasteiger charge is -2.33. The van der Waals surface area contributed by atoms with Gasteiger partial charge in [-0.25, -0.2) is 0 Å². The van der Waals surface area contributed by atoms with Crippen LogP contribution in [0, 0.1) is 11.8 Å². The Bertz CT molecular complexity index is 528. The summed E-state index contributed by atoms with van der Waals surface area (Å²) in [6, 6.07) is 8.29. The van der Waals surface area contributed by atoms with Crippen LogP contribution >= 0.6 is 0 Å². The summed E-state index contributed by atoms with van der Waals surface area (Å²) in [7, 11) is 3.44. The second-order valence-electron chi connectivity index (χ2n) is 5.49. The van der Waals surface area contributed by atoms with E-state index in [1.54, 1.807) is 14.2 Å². The number of benzene rings is 1. The van der Waals surface area contributed by atoms with Gasteiger partial charge >= 0.3 is 0 Å². The number of aryl methyl sites for hydroxylation is 1. The lowest BCUT2D eigenvalue weighted by atomic mass is 9.73. The third-order valence-electron chi connectivity index (χ3n) is 4.23. The van der Waals surface area contributed by atoms with Gasteiger partial charge in [-0.05, 0) is 60.9 Å². The highest BCUT2D eigenvalue weighted by molar-refractivity contribution is 5.36. The van der Waals surface area contributed by atoms with E-state index >= 15 is 0 Å². The Labute approximate surface area is 122 Å². The molecule has 0 spiro atoms. The molecule has 1 unspecified atom stereocenters. The van der Waals surface area contributed by atoms with Gasteiger partial charge in [-0.1, -0.05) is 25.1 Å². The van der Waals surface area contributed by atoms with Gasteiger partial charge in [0, 0.05) is 0 Å². The van der Waals surface area contributed by atoms with Gasteiger partial charge < -0.3 is 9.47 Å². The van der Waals surface area contributed by atoms with E-state index in [-0.39, 0.29) is 5.41 Å². The molecule has 1 atom stereocenters. The van der Waals surface area contributed by atoms with Gasteiger partial charge in [0.15, 0.2) is 0 Å². The largest absolute Gasteiger partial charge is 0.497 e. The predicted octanol–water partition coefficient (Wildman–Crippen LogP) is 4.33. The summed E-state index contributed by atoms with van der Waals surface area (Å²) in [6.07, 6.45) is 8.47. The fourth-order valence-corrected chi connectivity index (χ4v) is 2.60. The number of methoxy groups -OCH3 is 2. The zero-order valence-electron chi connectivity index (χ0n) is 12.8. The van der Waals surface area contributed by atoms with E-state index in [0.717, 1.165) is 24.4 Å². The smallest absolute Gasteiger partial charge is 0.119 e. The molecule has 0 heterocycles. The molecule has 2 heteroatoms. The topological polar surface area (TPSA) is 18.5 Å². The standard InChI is InChI=1S/C18H23O2/c1-14-17(20-4)9-6-11-18(14,2)12-10-15-7-5-8-16(13-15)19-3/h5-9,11,13H,10,12H2,1-4H3. The van der Waals surface area contributed by atoms with Crippen molar-refractivity contribution in [3.63, 3.8) is 0 Å². The van der Waals surface area contributed by atoms with Crippen LogP contribution in [0.3, 0.4) is 0 Å². The Morgan fingerprint density at radius 3 is 2.65 bits per heavy atom. The summed E-state index contributed by atoms with van der Waals surface area (Å²) in [5.41, 5.74) is 2.66. The quantitative estimate of drug-likeness (QED) is 0.793. The first-order valence-electron chi connectivity index (χ1n) is 7.00. The molecule has 2 rings (SSSR count). The van der Waals surface area contributed by atoms with Crippen molar-refractivity contribution < 1.29 is 9.47 Å². The van der Waals surface area contributed by atoms with Crippen LogP contribution in [-0.2, 0) is 11.2 Å². The Morgan fingerprint density at radius 1 is 1.15 bits per heavy atom. The van der Waals surface area contributed by atoms with E-state index in [1.165, 1.54) is 11.1 Å². The van der Waals surface area contributed by atoms with Crippen LogP contribution in [0.2, 0.25) is 0 Å². The van der Waals surface area contributed by atoms with Crippen LogP contribution in [-0.4, -0.2) is 14.2 Å². The van der Waals surface area contributed by atoms with Crippen molar-refractivity contribution in [2.75, 3.05) is 14.2 Å². The summed E-state index contributed by atoms with van der Waals surface area (Å²) in [5, 5.41) is 0. The van der Waals surface area contributed by atoms with Crippen molar-refractivity contribution >= 4 is 0 Å². The molecule has 0 aliphatic heterocycles. The van der Waals surface area contributed by atoms with Crippen LogP contribution in [0.4, 0.5) is 0 Å². The van der Waals surface area contributed by atoms with E-state index in [9.17, 15) is 0 Å². The van der Waals surface area contributed by atoms with Crippen LogP contribution in [0.15, 0.2) is 47.7 Å². The maximum atomic E-state index is 5.44. The maximum Gasteiger partial charge on any atom is 0.119 e. The average Bonchev–Trinajstić information content (AvgIpc) is 2.48. The van der Waals surface area contributed by atoms with Gasteiger partial charge in [-0.3, -0.25) is 0 Å². The fourth-order valence-electron chi connectivity index (χ4n) is 2.60. The minimum atomic E-state index is 0.0587. The first kappa shape index (κ1) is 14.7. The number of rotatable bonds is 5. The van der Waals surface area contributed by atoms with Gasteiger partial charge in [-0.15, -0.1) is 0 Å². The van der Waals surface area contributed by atoms with E-state index in [1.807, 2.05) is 18.2 Å². The number of hydrogen-bond acceptors (Lipinski definition) is 2. The molecule has 1 radical (unpaired) electrons. The first-order chi connectivity index (χ1) is 9.59. The predicted molar refractivity (Wildman–Crippen MR) is 82.6 cm³/mol. The molecule has 0 fully saturated rings. The Kier molecular flexibility index (Phi) is 4.53. The van der Waals surface area contributed by atoms with Gasteiger partial charge in [0.2, 0.25) is 0 Å². The summed E-state index contributed by atoms with van der Waals surface area (Å²) in [6.45, 7) is 4.43. The molecule has 1 aliphatic rings. The molecule has 0 bridgehead atoms. The van der Waals surface area contributed by atoms with Crippen LogP contribution in [0.5, 0.6) is 5.75 Å². The molecule has 1 aliphatic carbocycles. The highest BCUT2D eigenvalue weighted by Crippen LogP contribution is 2.40. The van der Waals surface area contributed by atoms with E-state index in [2.05, 4.69) is 38.5 Å². The number of hydrogen-bond donors (Lipinski definition) is 0. The normalized spacial score (nSPS) is 22.0. The highest BCUT2D eigenvalue weighted by atomic mass is 16.5. The zero-order chi connectivity index (χ0) is 14.6. The van der Waals surface area contributed by atoms with Crippen LogP contribution in [0.25, 0.3) is 0 Å². The van der Waals surface area contributed by atoms with Crippen LogP contribution in [0.1, 0.15) is 25.8 Å². The zero-order valence-corrected chi connectivity index (χ0v) is 12.8. The van der Waals surface area contributed by atoms with Crippen molar-refractivity contribution in [3.05, 3.63) is 59.7 Å². The lowest BCUT2D eigenvalue weighted by Crippen LogP contribution is -2.23. The fraction of sp³-hybridized carbons (Fsp3) is 0.389. The number of ether oxygens (including phenoxy) is 2. The minimum Gasteiger partial charge on any atom is -0.497 e. The molecule has 0 saturated carbocycles. The first-order valence-corrected chi connectivity index (χ1v) is 7.00. The van der Waals surface area contributed by atoms with Crippen molar-refractivity contribution in [3.8, 4) is 5.75 Å². The molecule has 0 aromatic heterocycles. The molecular formula is C18H23O2. The minimum absolute atomic E-state index is 0.0587. The van der Waals surface area contributed by atoms with Gasteiger partial charge in [0.25, 0.3) is 0 Å². The Morgan fingerprint density at radius 2 is 1.95 bits per heavy atom. The van der Waals surface area contributed by atoms with Crippen molar-refractivity contribution in [2.24, 2.45) is 5.41 Å². The lowest BCUT2D eigenvalue weighted by molar-refractivity contribution is 0.282. The summed E-state index contributed by atoms with van der Waals surface area (Å²) < 4.78 is 10.7. The summed E-state index contributed by atoms with van der Waals surface area (Å²) in [5.74, 6) is 1.91. The van der Waals surface area contributed by atoms with Crippen molar-refractivity contribution in [2.45, 2.75) is 26.7 Å². The molecule has 0 saturated heterocycles. The highest BCUT2D eigenvalue weighted by Gasteiger charge is 2.30. The Hall–Kier alpha value is -1.70. The van der Waals surface area contributed by atoms with Gasteiger partial charge in [-0.2, -0.15) is 0 Å². The maximum absolute atomic E-state index is 5.44. The van der Waals surface area contributed by atoms with Gasteiger partial charge in [0.1, 0.15) is 11.5 Å². The SMILES string of the molecule is COC1=C(C)C(C)(CCc2cccc(OC)c2)[CH]C=C1. The van der Waals surface area contributed by atoms with E-state index < -0.39 is 0 Å². The third kappa shape index (κ3) is 3.06. The number of allylic oxidation sites excluding steroid dienone is 3. The molecule has 0 amide bonds. The Balaban J connectivity index is 2.09. The van der Waals surface area contributed by atoms with Gasteiger partial charge in [0.05, 0.1) is 14.2 Å². The van der Waals surface area contributed by atoms with Crippen molar-refractivity contribution in [1.82, 2.24) is 0 Å². The van der Waals surface area contributed by atoms with Crippen molar-refractivity contribution in [1.29, 1.82) is 0 Å². The summed E-state index contributed by atoms with van der Waals surface area (Å²) >= 11 is 0. The molecular weight excluding hydrogens is 248 g/mol. The molecule has 20 heavy (non-hydrogen) atoms. The third-order valence-corrected chi connectivity index (χ3v) is 4.23. The monoisotopic (exact) mass is 271 g/mol. The second kappa shape index (κ2) is 6.17. The molecule has 2 nitrogen and oxygen atoms in total. The summed E-state index contributed by atoms with van der Waals surface area (Å²) in [4.78, 5) is 0. The van der Waals surface area contributed by atoms with E-state index in [4.69, 9.17) is 9.47 Å². The van der Waals surface area contributed by atoms with Crippen LogP contribution < -0.4 is 4.74 Å². The molecule has 107 valence electrons. The molecule has 1 aromatic carbocycles. The van der Waals surface area contributed by atoms with E-state index in [0.29, 0.717) is 0 Å². The molecule has 0 N–H and O–H groups in total.